The van der Waals surface area contributed by atoms with Crippen LogP contribution in [0.1, 0.15) is 16.1 Å². The van der Waals surface area contributed by atoms with E-state index in [1.807, 2.05) is 0 Å². The molecule has 0 bridgehead atoms. The van der Waals surface area contributed by atoms with Gasteiger partial charge in [-0.25, -0.2) is 9.07 Å². The number of carbonyl (C=O) groups is 1. The minimum Gasteiger partial charge on any atom is -0.470 e. The third-order valence-electron chi connectivity index (χ3n) is 3.56. The van der Waals surface area contributed by atoms with Gasteiger partial charge in [-0.15, -0.1) is 0 Å². The molecule has 0 unspecified atom stereocenters. The summed E-state index contributed by atoms with van der Waals surface area (Å²) in [5.41, 5.74) is 1.40. The summed E-state index contributed by atoms with van der Waals surface area (Å²) in [4.78, 5) is 12.3. The minimum atomic E-state index is -0.383. The van der Waals surface area contributed by atoms with Gasteiger partial charge in [0, 0.05) is 16.9 Å². The summed E-state index contributed by atoms with van der Waals surface area (Å²) in [6.45, 7) is 1.85. The summed E-state index contributed by atoms with van der Waals surface area (Å²) in [5, 5.41) is 7.49. The van der Waals surface area contributed by atoms with Gasteiger partial charge in [0.05, 0.1) is 4.47 Å². The maximum absolute atomic E-state index is 13.1. The zero-order valence-electron chi connectivity index (χ0n) is 13.7. The lowest BCUT2D eigenvalue weighted by Crippen LogP contribution is -2.15. The van der Waals surface area contributed by atoms with Gasteiger partial charge in [-0.05, 0) is 70.9 Å². The van der Waals surface area contributed by atoms with Crippen molar-refractivity contribution in [2.75, 3.05) is 5.32 Å². The van der Waals surface area contributed by atoms with Gasteiger partial charge in [-0.1, -0.05) is 11.6 Å². The van der Waals surface area contributed by atoms with Crippen molar-refractivity contribution in [3.05, 3.63) is 75.2 Å². The fraction of sp³-hybridized carbons (Fsp3) is 0.111. The summed E-state index contributed by atoms with van der Waals surface area (Å²) >= 11 is 9.26. The van der Waals surface area contributed by atoms with Crippen molar-refractivity contribution in [2.45, 2.75) is 13.7 Å². The Morgan fingerprint density at radius 1 is 1.31 bits per heavy atom. The van der Waals surface area contributed by atoms with Crippen molar-refractivity contribution in [1.29, 1.82) is 0 Å². The molecule has 0 aliphatic carbocycles. The number of carbonyl (C=O) groups excluding carboxylic acids is 1. The molecule has 2 aromatic carbocycles. The van der Waals surface area contributed by atoms with E-state index in [-0.39, 0.29) is 24.1 Å². The Morgan fingerprint density at radius 3 is 2.85 bits per heavy atom. The third-order valence-corrected chi connectivity index (χ3v) is 4.41. The molecule has 0 aliphatic rings. The third kappa shape index (κ3) is 4.42. The lowest BCUT2D eigenvalue weighted by atomic mass is 10.2. The topological polar surface area (TPSA) is 56.2 Å². The highest BCUT2D eigenvalue weighted by molar-refractivity contribution is 9.10. The Labute approximate surface area is 162 Å². The summed E-state index contributed by atoms with van der Waals surface area (Å²) in [7, 11) is 0. The Hall–Kier alpha value is -2.38. The molecule has 8 heteroatoms. The van der Waals surface area contributed by atoms with E-state index in [0.29, 0.717) is 22.0 Å². The number of nitrogens with one attached hydrogen (secondary N) is 1. The van der Waals surface area contributed by atoms with Crippen molar-refractivity contribution in [1.82, 2.24) is 9.78 Å². The van der Waals surface area contributed by atoms with Crippen LogP contribution in [0.25, 0.3) is 0 Å². The minimum absolute atomic E-state index is 0.128. The fourth-order valence-electron chi connectivity index (χ4n) is 2.24. The molecule has 0 atom stereocenters. The van der Waals surface area contributed by atoms with Gasteiger partial charge < -0.3 is 10.1 Å². The Kier molecular flexibility index (Phi) is 5.58. The van der Waals surface area contributed by atoms with Crippen LogP contribution in [0.2, 0.25) is 5.02 Å². The molecule has 1 amide bonds. The van der Waals surface area contributed by atoms with E-state index in [1.165, 1.54) is 22.9 Å². The predicted octanol–water partition coefficient (Wildman–Crippen LogP) is 5.04. The molecule has 1 N–H and O–H groups in total. The number of aryl methyl sites for hydroxylation is 1. The molecule has 0 saturated carbocycles. The van der Waals surface area contributed by atoms with Gasteiger partial charge in [0.2, 0.25) is 0 Å². The first-order valence-corrected chi connectivity index (χ1v) is 8.78. The summed E-state index contributed by atoms with van der Waals surface area (Å²) in [5.74, 6) is -0.126. The van der Waals surface area contributed by atoms with Crippen LogP contribution >= 0.6 is 27.5 Å². The van der Waals surface area contributed by atoms with Crippen molar-refractivity contribution < 1.29 is 13.9 Å². The van der Waals surface area contributed by atoms with Crippen molar-refractivity contribution in [2.24, 2.45) is 0 Å². The second-order valence-electron chi connectivity index (χ2n) is 5.50. The molecular weight excluding hydrogens is 425 g/mol. The largest absolute Gasteiger partial charge is 0.470 e. The lowest BCUT2D eigenvalue weighted by Gasteiger charge is -2.08. The molecule has 0 spiro atoms. The number of ether oxygens (including phenoxy) is 1. The SMILES string of the molecule is Cc1cc(F)ccc1NC(=O)c1ccn(COc2ccc(Cl)cc2Br)n1. The van der Waals surface area contributed by atoms with E-state index in [9.17, 15) is 9.18 Å². The molecule has 5 nitrogen and oxygen atoms in total. The molecule has 1 heterocycles. The van der Waals surface area contributed by atoms with E-state index in [0.717, 1.165) is 4.47 Å². The molecule has 0 radical (unpaired) electrons. The highest BCUT2D eigenvalue weighted by atomic mass is 79.9. The van der Waals surface area contributed by atoms with E-state index in [1.54, 1.807) is 37.4 Å². The van der Waals surface area contributed by atoms with Gasteiger partial charge in [-0.2, -0.15) is 5.10 Å². The number of anilines is 1. The van der Waals surface area contributed by atoms with Crippen LogP contribution in [0, 0.1) is 12.7 Å². The molecule has 0 aliphatic heterocycles. The van der Waals surface area contributed by atoms with Crippen molar-refractivity contribution in [3.8, 4) is 5.75 Å². The molecule has 1 aromatic heterocycles. The summed E-state index contributed by atoms with van der Waals surface area (Å²) in [6, 6.07) is 10.9. The van der Waals surface area contributed by atoms with E-state index >= 15 is 0 Å². The van der Waals surface area contributed by atoms with Gasteiger partial charge in [0.15, 0.2) is 12.4 Å². The number of nitrogens with zero attached hydrogens (tertiary/aromatic N) is 2. The molecule has 0 fully saturated rings. The van der Waals surface area contributed by atoms with Crippen LogP contribution in [-0.2, 0) is 6.73 Å². The quantitative estimate of drug-likeness (QED) is 0.607. The normalized spacial score (nSPS) is 10.6. The highest BCUT2D eigenvalue weighted by Crippen LogP contribution is 2.28. The first-order chi connectivity index (χ1) is 12.4. The summed E-state index contributed by atoms with van der Waals surface area (Å²) < 4.78 is 21.0. The van der Waals surface area contributed by atoms with Gasteiger partial charge in [-0.3, -0.25) is 4.79 Å². The predicted molar refractivity (Wildman–Crippen MR) is 101 cm³/mol. The lowest BCUT2D eigenvalue weighted by molar-refractivity contribution is 0.102. The maximum Gasteiger partial charge on any atom is 0.276 e. The van der Waals surface area contributed by atoms with Crippen LogP contribution < -0.4 is 10.1 Å². The van der Waals surface area contributed by atoms with E-state index in [2.05, 4.69) is 26.3 Å². The van der Waals surface area contributed by atoms with Crippen LogP contribution in [0.5, 0.6) is 5.75 Å². The van der Waals surface area contributed by atoms with Crippen LogP contribution in [0.3, 0.4) is 0 Å². The first-order valence-electron chi connectivity index (χ1n) is 7.61. The first kappa shape index (κ1) is 18.4. The second kappa shape index (κ2) is 7.88. The van der Waals surface area contributed by atoms with Crippen LogP contribution in [0.4, 0.5) is 10.1 Å². The smallest absolute Gasteiger partial charge is 0.276 e. The molecule has 3 aromatic rings. The molecule has 0 saturated heterocycles. The molecule has 3 rings (SSSR count). The Balaban J connectivity index is 1.64. The molecule has 26 heavy (non-hydrogen) atoms. The zero-order valence-corrected chi connectivity index (χ0v) is 16.0. The average molecular weight is 439 g/mol. The van der Waals surface area contributed by atoms with Gasteiger partial charge in [0.25, 0.3) is 5.91 Å². The standard InChI is InChI=1S/C18H14BrClFN3O2/c1-11-8-13(21)3-4-15(11)22-18(25)16-6-7-24(23-16)10-26-17-5-2-12(20)9-14(17)19/h2-9H,10H2,1H3,(H,22,25). The van der Waals surface area contributed by atoms with Crippen LogP contribution in [0.15, 0.2) is 53.1 Å². The van der Waals surface area contributed by atoms with Crippen molar-refractivity contribution >= 4 is 39.1 Å². The fourth-order valence-corrected chi connectivity index (χ4v) is 3.03. The monoisotopic (exact) mass is 437 g/mol. The van der Waals surface area contributed by atoms with E-state index in [4.69, 9.17) is 16.3 Å². The Bertz CT molecular complexity index is 961. The number of aromatic nitrogens is 2. The highest BCUT2D eigenvalue weighted by Gasteiger charge is 2.12. The second-order valence-corrected chi connectivity index (χ2v) is 6.79. The number of hydrogen-bond donors (Lipinski definition) is 1. The number of amides is 1. The van der Waals surface area contributed by atoms with Crippen molar-refractivity contribution in [3.63, 3.8) is 0 Å². The summed E-state index contributed by atoms with van der Waals surface area (Å²) in [6.07, 6.45) is 1.64. The number of benzene rings is 2. The number of hydrogen-bond acceptors (Lipinski definition) is 3. The molecular formula is C18H14BrClFN3O2. The number of rotatable bonds is 5. The Morgan fingerprint density at radius 2 is 2.12 bits per heavy atom. The average Bonchev–Trinajstić information content (AvgIpc) is 3.06. The number of halogens is 3. The zero-order chi connectivity index (χ0) is 18.7. The maximum atomic E-state index is 13.1. The molecule has 134 valence electrons. The van der Waals surface area contributed by atoms with E-state index < -0.39 is 0 Å². The van der Waals surface area contributed by atoms with Gasteiger partial charge in [0.1, 0.15) is 11.6 Å². The van der Waals surface area contributed by atoms with Crippen LogP contribution in [-0.4, -0.2) is 15.7 Å². The van der Waals surface area contributed by atoms with Gasteiger partial charge >= 0.3 is 0 Å².